The number of nitrogens with one attached hydrogen (secondary N) is 2. The van der Waals surface area contributed by atoms with Gasteiger partial charge in [0.15, 0.2) is 5.96 Å². The Labute approximate surface area is 139 Å². The maximum absolute atomic E-state index is 5.42. The quantitative estimate of drug-likeness (QED) is 0.461. The molecule has 0 amide bonds. The summed E-state index contributed by atoms with van der Waals surface area (Å²) in [5.41, 5.74) is 2.70. The molecule has 0 unspecified atom stereocenters. The van der Waals surface area contributed by atoms with Crippen LogP contribution in [0.25, 0.3) is 0 Å². The standard InChI is InChI=1S/C18H28N4O/c1-3-23-17-13-16(10-11-20-17)14-22-18(19-2)21-12-9-15-7-5-4-6-8-15/h7,10-11,13H,3-6,8-9,12,14H2,1-2H3,(H2,19,21,22). The minimum atomic E-state index is 0.628. The molecule has 5 nitrogen and oxygen atoms in total. The monoisotopic (exact) mass is 316 g/mol. The molecule has 0 radical (unpaired) electrons. The van der Waals surface area contributed by atoms with Crippen molar-refractivity contribution in [3.05, 3.63) is 35.5 Å². The Bertz CT molecular complexity index is 540. The van der Waals surface area contributed by atoms with Crippen LogP contribution in [0.3, 0.4) is 0 Å². The predicted octanol–water partition coefficient (Wildman–Crippen LogP) is 3.04. The average molecular weight is 316 g/mol. The van der Waals surface area contributed by atoms with E-state index in [9.17, 15) is 0 Å². The van der Waals surface area contributed by atoms with Gasteiger partial charge in [0.1, 0.15) is 0 Å². The summed E-state index contributed by atoms with van der Waals surface area (Å²) < 4.78 is 5.42. The van der Waals surface area contributed by atoms with E-state index in [0.29, 0.717) is 19.0 Å². The number of nitrogens with zero attached hydrogens (tertiary/aromatic N) is 2. The summed E-state index contributed by atoms with van der Waals surface area (Å²) in [6.45, 7) is 4.21. The van der Waals surface area contributed by atoms with Crippen molar-refractivity contribution in [2.45, 2.75) is 45.6 Å². The molecule has 0 atom stereocenters. The van der Waals surface area contributed by atoms with Gasteiger partial charge in [-0.15, -0.1) is 0 Å². The fourth-order valence-electron chi connectivity index (χ4n) is 2.67. The van der Waals surface area contributed by atoms with Gasteiger partial charge in [-0.3, -0.25) is 4.99 Å². The summed E-state index contributed by atoms with van der Waals surface area (Å²) >= 11 is 0. The third kappa shape index (κ3) is 6.30. The van der Waals surface area contributed by atoms with E-state index in [1.54, 1.807) is 18.8 Å². The Morgan fingerprint density at radius 2 is 2.26 bits per heavy atom. The summed E-state index contributed by atoms with van der Waals surface area (Å²) in [5, 5.41) is 6.71. The van der Waals surface area contributed by atoms with Crippen LogP contribution in [0.5, 0.6) is 5.88 Å². The first-order valence-electron chi connectivity index (χ1n) is 8.52. The van der Waals surface area contributed by atoms with E-state index in [0.717, 1.165) is 24.5 Å². The van der Waals surface area contributed by atoms with Crippen LogP contribution in [-0.4, -0.2) is 31.1 Å². The predicted molar refractivity (Wildman–Crippen MR) is 94.8 cm³/mol. The van der Waals surface area contributed by atoms with Crippen molar-refractivity contribution in [3.8, 4) is 5.88 Å². The summed E-state index contributed by atoms with van der Waals surface area (Å²) in [6.07, 6.45) is 10.4. The van der Waals surface area contributed by atoms with Crippen LogP contribution in [0.4, 0.5) is 0 Å². The summed E-state index contributed by atoms with van der Waals surface area (Å²) in [7, 11) is 1.80. The number of hydrogen-bond acceptors (Lipinski definition) is 3. The normalized spacial score (nSPS) is 15.0. The maximum Gasteiger partial charge on any atom is 0.213 e. The Morgan fingerprint density at radius 1 is 1.35 bits per heavy atom. The number of hydrogen-bond donors (Lipinski definition) is 2. The lowest BCUT2D eigenvalue weighted by molar-refractivity contribution is 0.326. The molecule has 126 valence electrons. The fourth-order valence-corrected chi connectivity index (χ4v) is 2.67. The molecule has 0 bridgehead atoms. The number of aromatic nitrogens is 1. The van der Waals surface area contributed by atoms with Crippen molar-refractivity contribution >= 4 is 5.96 Å². The molecule has 23 heavy (non-hydrogen) atoms. The Hall–Kier alpha value is -2.04. The van der Waals surface area contributed by atoms with Crippen LogP contribution in [0, 0.1) is 0 Å². The third-order valence-corrected chi connectivity index (χ3v) is 3.90. The second-order valence-electron chi connectivity index (χ2n) is 5.65. The zero-order chi connectivity index (χ0) is 16.3. The van der Waals surface area contributed by atoms with E-state index in [-0.39, 0.29) is 0 Å². The topological polar surface area (TPSA) is 58.5 Å². The number of allylic oxidation sites excluding steroid dienone is 1. The molecule has 0 spiro atoms. The zero-order valence-electron chi connectivity index (χ0n) is 14.3. The summed E-state index contributed by atoms with van der Waals surface area (Å²) in [4.78, 5) is 8.45. The van der Waals surface area contributed by atoms with E-state index in [1.807, 2.05) is 19.1 Å². The largest absolute Gasteiger partial charge is 0.478 e. The molecule has 1 aliphatic carbocycles. The molecule has 1 aliphatic rings. The first-order chi connectivity index (χ1) is 11.3. The molecule has 1 heterocycles. The average Bonchev–Trinajstić information content (AvgIpc) is 2.59. The summed E-state index contributed by atoms with van der Waals surface area (Å²) in [5.74, 6) is 1.50. The Kier molecular flexibility index (Phi) is 7.43. The molecule has 1 aromatic rings. The van der Waals surface area contributed by atoms with Gasteiger partial charge in [-0.2, -0.15) is 0 Å². The zero-order valence-corrected chi connectivity index (χ0v) is 14.3. The van der Waals surface area contributed by atoms with Gasteiger partial charge >= 0.3 is 0 Å². The van der Waals surface area contributed by atoms with Crippen LogP contribution in [0.15, 0.2) is 35.0 Å². The Morgan fingerprint density at radius 3 is 3.00 bits per heavy atom. The van der Waals surface area contributed by atoms with Crippen LogP contribution >= 0.6 is 0 Å². The van der Waals surface area contributed by atoms with E-state index in [4.69, 9.17) is 4.74 Å². The van der Waals surface area contributed by atoms with Gasteiger partial charge in [-0.1, -0.05) is 11.6 Å². The molecular formula is C18H28N4O. The molecule has 2 rings (SSSR count). The molecule has 0 aliphatic heterocycles. The molecule has 0 saturated heterocycles. The van der Waals surface area contributed by atoms with Gasteiger partial charge in [0, 0.05) is 32.4 Å². The highest BCUT2D eigenvalue weighted by molar-refractivity contribution is 5.79. The van der Waals surface area contributed by atoms with Crippen molar-refractivity contribution in [2.24, 2.45) is 4.99 Å². The smallest absolute Gasteiger partial charge is 0.213 e. The lowest BCUT2D eigenvalue weighted by Gasteiger charge is -2.15. The first kappa shape index (κ1) is 17.3. The molecule has 1 aromatic heterocycles. The molecule has 0 fully saturated rings. The van der Waals surface area contributed by atoms with Gasteiger partial charge in [0.05, 0.1) is 6.61 Å². The highest BCUT2D eigenvalue weighted by Gasteiger charge is 2.04. The van der Waals surface area contributed by atoms with Crippen molar-refractivity contribution in [3.63, 3.8) is 0 Å². The van der Waals surface area contributed by atoms with E-state index in [1.165, 1.54) is 25.7 Å². The lowest BCUT2D eigenvalue weighted by Crippen LogP contribution is -2.37. The minimum Gasteiger partial charge on any atom is -0.478 e. The first-order valence-corrected chi connectivity index (χ1v) is 8.52. The highest BCUT2D eigenvalue weighted by atomic mass is 16.5. The Balaban J connectivity index is 1.74. The second-order valence-corrected chi connectivity index (χ2v) is 5.65. The van der Waals surface area contributed by atoms with Crippen molar-refractivity contribution in [2.75, 3.05) is 20.2 Å². The molecule has 2 N–H and O–H groups in total. The fraction of sp³-hybridized carbons (Fsp3) is 0.556. The lowest BCUT2D eigenvalue weighted by atomic mass is 9.97. The molecule has 0 saturated carbocycles. The summed E-state index contributed by atoms with van der Waals surface area (Å²) in [6, 6.07) is 3.94. The number of pyridine rings is 1. The van der Waals surface area contributed by atoms with Crippen molar-refractivity contribution in [1.82, 2.24) is 15.6 Å². The van der Waals surface area contributed by atoms with E-state index >= 15 is 0 Å². The maximum atomic E-state index is 5.42. The van der Waals surface area contributed by atoms with E-state index < -0.39 is 0 Å². The number of rotatable bonds is 7. The third-order valence-electron chi connectivity index (χ3n) is 3.90. The van der Waals surface area contributed by atoms with Crippen molar-refractivity contribution < 1.29 is 4.74 Å². The second kappa shape index (κ2) is 9.87. The van der Waals surface area contributed by atoms with Gasteiger partial charge in [-0.05, 0) is 50.7 Å². The van der Waals surface area contributed by atoms with Gasteiger partial charge in [0.25, 0.3) is 0 Å². The van der Waals surface area contributed by atoms with Crippen LogP contribution in [0.2, 0.25) is 0 Å². The minimum absolute atomic E-state index is 0.628. The van der Waals surface area contributed by atoms with E-state index in [2.05, 4.69) is 26.7 Å². The van der Waals surface area contributed by atoms with Gasteiger partial charge in [0.2, 0.25) is 5.88 Å². The number of ether oxygens (including phenoxy) is 1. The molecule has 5 heteroatoms. The number of guanidine groups is 1. The number of aliphatic imine (C=N–C) groups is 1. The molecule has 0 aromatic carbocycles. The SMILES string of the molecule is CCOc1cc(CNC(=NC)NCCC2=CCCCC2)ccn1. The molecular weight excluding hydrogens is 288 g/mol. The van der Waals surface area contributed by atoms with Crippen LogP contribution < -0.4 is 15.4 Å². The van der Waals surface area contributed by atoms with Gasteiger partial charge < -0.3 is 15.4 Å². The van der Waals surface area contributed by atoms with Crippen LogP contribution in [0.1, 0.15) is 44.6 Å². The van der Waals surface area contributed by atoms with Crippen molar-refractivity contribution in [1.29, 1.82) is 0 Å². The van der Waals surface area contributed by atoms with Gasteiger partial charge in [-0.25, -0.2) is 4.98 Å². The van der Waals surface area contributed by atoms with Crippen LogP contribution in [-0.2, 0) is 6.54 Å². The highest BCUT2D eigenvalue weighted by Crippen LogP contribution is 2.19.